The van der Waals surface area contributed by atoms with Crippen molar-refractivity contribution in [2.45, 2.75) is 6.92 Å². The molecule has 0 aromatic heterocycles. The molecule has 0 aliphatic carbocycles. The fraction of sp³-hybridized carbons (Fsp3) is 0.125. The number of hydrogen-bond donors (Lipinski definition) is 0. The van der Waals surface area contributed by atoms with Crippen molar-refractivity contribution in [3.8, 4) is 0 Å². The Morgan fingerprint density at radius 2 is 2.10 bits per heavy atom. The minimum Gasteiger partial charge on any atom is -0.294 e. The molecule has 0 heterocycles. The second-order valence-electron chi connectivity index (χ2n) is 1.78. The number of hydrogen-bond acceptors (Lipinski definition) is 1. The van der Waals surface area contributed by atoms with Crippen LogP contribution in [0.25, 0.3) is 0 Å². The molecule has 0 aromatic rings. The third-order valence-corrected chi connectivity index (χ3v) is 1.16. The number of halogens is 1. The smallest absolute Gasteiger partial charge is 0.161 e. The molecule has 0 saturated heterocycles. The van der Waals surface area contributed by atoms with E-state index in [1.54, 1.807) is 0 Å². The van der Waals surface area contributed by atoms with E-state index in [1.165, 1.54) is 19.1 Å². The first-order chi connectivity index (χ1) is 4.59. The summed E-state index contributed by atoms with van der Waals surface area (Å²) >= 11 is 5.49. The maximum Gasteiger partial charge on any atom is 0.161 e. The number of rotatable bonds is 3. The Labute approximate surface area is 65.7 Å². The van der Waals surface area contributed by atoms with E-state index in [2.05, 4.69) is 13.2 Å². The molecular formula is C8H9ClO. The highest BCUT2D eigenvalue weighted by Gasteiger charge is 2.03. The van der Waals surface area contributed by atoms with Crippen molar-refractivity contribution in [3.63, 3.8) is 0 Å². The second-order valence-corrected chi connectivity index (χ2v) is 2.23. The van der Waals surface area contributed by atoms with Gasteiger partial charge in [0.15, 0.2) is 5.78 Å². The van der Waals surface area contributed by atoms with Crippen LogP contribution in [-0.4, -0.2) is 5.78 Å². The van der Waals surface area contributed by atoms with Gasteiger partial charge in [-0.25, -0.2) is 0 Å². The SMILES string of the molecule is C=C/C=C(\C(=C)Cl)C(C)=O. The van der Waals surface area contributed by atoms with E-state index in [9.17, 15) is 4.79 Å². The van der Waals surface area contributed by atoms with Crippen LogP contribution in [0.2, 0.25) is 0 Å². The molecule has 0 radical (unpaired) electrons. The van der Waals surface area contributed by atoms with Crippen LogP contribution < -0.4 is 0 Å². The maximum atomic E-state index is 10.7. The molecule has 10 heavy (non-hydrogen) atoms. The largest absolute Gasteiger partial charge is 0.294 e. The first kappa shape index (κ1) is 9.18. The fourth-order valence-electron chi connectivity index (χ4n) is 0.517. The molecule has 0 atom stereocenters. The molecule has 0 aromatic carbocycles. The number of Topliss-reactive ketones (excluding diaryl/α,β-unsaturated/α-hetero) is 1. The topological polar surface area (TPSA) is 17.1 Å². The van der Waals surface area contributed by atoms with Gasteiger partial charge in [-0.05, 0) is 6.92 Å². The fourth-order valence-corrected chi connectivity index (χ4v) is 0.713. The van der Waals surface area contributed by atoms with Gasteiger partial charge in [0.1, 0.15) is 0 Å². The van der Waals surface area contributed by atoms with Crippen molar-refractivity contribution >= 4 is 17.4 Å². The average Bonchev–Trinajstić information content (AvgIpc) is 1.81. The zero-order valence-corrected chi connectivity index (χ0v) is 6.61. The lowest BCUT2D eigenvalue weighted by Gasteiger charge is -1.95. The van der Waals surface area contributed by atoms with Gasteiger partial charge in [0.05, 0.1) is 0 Å². The van der Waals surface area contributed by atoms with Gasteiger partial charge in [0.25, 0.3) is 0 Å². The molecule has 0 saturated carbocycles. The number of carbonyl (C=O) groups is 1. The van der Waals surface area contributed by atoms with E-state index in [4.69, 9.17) is 11.6 Å². The summed E-state index contributed by atoms with van der Waals surface area (Å²) in [5.41, 5.74) is 0.414. The standard InChI is InChI=1S/C8H9ClO/c1-4-5-8(6(2)9)7(3)10/h4-5H,1-2H2,3H3/b8-5+. The van der Waals surface area contributed by atoms with Gasteiger partial charge in [-0.2, -0.15) is 0 Å². The van der Waals surface area contributed by atoms with Gasteiger partial charge in [-0.1, -0.05) is 36.9 Å². The van der Waals surface area contributed by atoms with Gasteiger partial charge in [-0.3, -0.25) is 4.79 Å². The van der Waals surface area contributed by atoms with Crippen LogP contribution in [0.15, 0.2) is 35.9 Å². The molecule has 1 nitrogen and oxygen atoms in total. The Bertz CT molecular complexity index is 185. The first-order valence-electron chi connectivity index (χ1n) is 2.78. The maximum absolute atomic E-state index is 10.7. The summed E-state index contributed by atoms with van der Waals surface area (Å²) < 4.78 is 0. The van der Waals surface area contributed by atoms with Gasteiger partial charge in [0, 0.05) is 10.6 Å². The summed E-state index contributed by atoms with van der Waals surface area (Å²) in [7, 11) is 0. The van der Waals surface area contributed by atoms with Crippen LogP contribution in [0.3, 0.4) is 0 Å². The minimum atomic E-state index is -0.0973. The van der Waals surface area contributed by atoms with Crippen molar-refractivity contribution in [3.05, 3.63) is 35.9 Å². The van der Waals surface area contributed by atoms with Gasteiger partial charge in [0.2, 0.25) is 0 Å². The molecule has 0 amide bonds. The summed E-state index contributed by atoms with van der Waals surface area (Å²) in [4.78, 5) is 10.7. The van der Waals surface area contributed by atoms with E-state index in [0.29, 0.717) is 5.57 Å². The molecule has 2 heteroatoms. The number of carbonyl (C=O) groups excluding carboxylic acids is 1. The predicted molar refractivity (Wildman–Crippen MR) is 44.0 cm³/mol. The Balaban J connectivity index is 4.58. The Morgan fingerprint density at radius 3 is 2.20 bits per heavy atom. The van der Waals surface area contributed by atoms with Crippen LogP contribution in [0.4, 0.5) is 0 Å². The highest BCUT2D eigenvalue weighted by Crippen LogP contribution is 2.12. The van der Waals surface area contributed by atoms with E-state index >= 15 is 0 Å². The molecule has 0 spiro atoms. The molecule has 0 rings (SSSR count). The highest BCUT2D eigenvalue weighted by molar-refractivity contribution is 6.35. The summed E-state index contributed by atoms with van der Waals surface area (Å²) in [6, 6.07) is 0. The van der Waals surface area contributed by atoms with Crippen LogP contribution in [0, 0.1) is 0 Å². The Kier molecular flexibility index (Phi) is 3.74. The number of ketones is 1. The van der Waals surface area contributed by atoms with Gasteiger partial charge >= 0.3 is 0 Å². The Hall–Kier alpha value is -0.820. The monoisotopic (exact) mass is 156 g/mol. The third-order valence-electron chi connectivity index (χ3n) is 0.956. The predicted octanol–water partition coefficient (Wildman–Crippen LogP) is 2.44. The number of allylic oxidation sites excluding steroid dienone is 4. The molecular weight excluding hydrogens is 148 g/mol. The van der Waals surface area contributed by atoms with Crippen molar-refractivity contribution in [2.24, 2.45) is 0 Å². The highest BCUT2D eigenvalue weighted by atomic mass is 35.5. The summed E-state index contributed by atoms with van der Waals surface area (Å²) in [6.07, 6.45) is 3.04. The van der Waals surface area contributed by atoms with Crippen LogP contribution >= 0.6 is 11.6 Å². The third kappa shape index (κ3) is 2.65. The molecule has 0 fully saturated rings. The van der Waals surface area contributed by atoms with Gasteiger partial charge < -0.3 is 0 Å². The van der Waals surface area contributed by atoms with Crippen LogP contribution in [0.1, 0.15) is 6.92 Å². The lowest BCUT2D eigenvalue weighted by Crippen LogP contribution is -1.94. The van der Waals surface area contributed by atoms with E-state index in [1.807, 2.05) is 0 Å². The summed E-state index contributed by atoms with van der Waals surface area (Å²) in [5.74, 6) is -0.0973. The van der Waals surface area contributed by atoms with Crippen molar-refractivity contribution in [1.82, 2.24) is 0 Å². The van der Waals surface area contributed by atoms with Crippen LogP contribution in [-0.2, 0) is 4.79 Å². The van der Waals surface area contributed by atoms with E-state index < -0.39 is 0 Å². The zero-order valence-electron chi connectivity index (χ0n) is 5.86. The van der Waals surface area contributed by atoms with E-state index in [0.717, 1.165) is 0 Å². The molecule has 0 aliphatic rings. The van der Waals surface area contributed by atoms with E-state index in [-0.39, 0.29) is 10.8 Å². The molecule has 0 unspecified atom stereocenters. The summed E-state index contributed by atoms with van der Waals surface area (Å²) in [6.45, 7) is 8.29. The average molecular weight is 157 g/mol. The Morgan fingerprint density at radius 1 is 1.60 bits per heavy atom. The van der Waals surface area contributed by atoms with Crippen molar-refractivity contribution in [2.75, 3.05) is 0 Å². The van der Waals surface area contributed by atoms with Crippen molar-refractivity contribution < 1.29 is 4.79 Å². The van der Waals surface area contributed by atoms with Crippen LogP contribution in [0.5, 0.6) is 0 Å². The lowest BCUT2D eigenvalue weighted by molar-refractivity contribution is -0.113. The molecule has 0 aliphatic heterocycles. The molecule has 0 bridgehead atoms. The summed E-state index contributed by atoms with van der Waals surface area (Å²) in [5, 5.41) is 0.257. The lowest BCUT2D eigenvalue weighted by atomic mass is 10.2. The minimum absolute atomic E-state index is 0.0973. The normalized spacial score (nSPS) is 10.8. The van der Waals surface area contributed by atoms with Crippen molar-refractivity contribution in [1.29, 1.82) is 0 Å². The second kappa shape index (κ2) is 4.07. The zero-order chi connectivity index (χ0) is 8.15. The molecule has 54 valence electrons. The van der Waals surface area contributed by atoms with Gasteiger partial charge in [-0.15, -0.1) is 0 Å². The molecule has 0 N–H and O–H groups in total. The quantitative estimate of drug-likeness (QED) is 0.453. The first-order valence-corrected chi connectivity index (χ1v) is 3.15.